The summed E-state index contributed by atoms with van der Waals surface area (Å²) in [5.74, 6) is -3.67. The third-order valence-corrected chi connectivity index (χ3v) is 4.16. The van der Waals surface area contributed by atoms with Crippen molar-refractivity contribution in [1.29, 1.82) is 0 Å². The molecule has 0 aromatic rings. The second-order valence-electron chi connectivity index (χ2n) is 5.35. The minimum absolute atomic E-state index is 0. The van der Waals surface area contributed by atoms with Crippen LogP contribution >= 0.6 is 0 Å². The van der Waals surface area contributed by atoms with Crippen LogP contribution in [0.15, 0.2) is 12.7 Å². The molecule has 0 aliphatic heterocycles. The van der Waals surface area contributed by atoms with E-state index >= 15 is 0 Å². The molecule has 0 aromatic heterocycles. The number of carboxylic acid groups (broad SMARTS) is 2. The Balaban J connectivity index is -0.000000183. The van der Waals surface area contributed by atoms with Crippen molar-refractivity contribution in [2.45, 2.75) is 70.0 Å². The van der Waals surface area contributed by atoms with Gasteiger partial charge in [-0.1, -0.05) is 31.8 Å². The van der Waals surface area contributed by atoms with Gasteiger partial charge in [-0.2, -0.15) is 15.3 Å². The molecule has 1 unspecified atom stereocenters. The van der Waals surface area contributed by atoms with E-state index in [0.717, 1.165) is 19.3 Å². The molecule has 5 N–H and O–H groups in total. The van der Waals surface area contributed by atoms with Gasteiger partial charge in [0.1, 0.15) is 0 Å². The molecule has 1 atom stereocenters. The van der Waals surface area contributed by atoms with Crippen LogP contribution in [0.2, 0.25) is 0 Å². The molecule has 0 heterocycles. The number of allylic oxidation sites excluding steroid dienone is 1. The number of rotatable bonds is 13. The van der Waals surface area contributed by atoms with Gasteiger partial charge < -0.3 is 22.9 Å². The molecule has 0 saturated carbocycles. The minimum Gasteiger partial charge on any atom is -0.481 e. The van der Waals surface area contributed by atoms with E-state index in [1.54, 1.807) is 6.92 Å². The van der Waals surface area contributed by atoms with E-state index in [-0.39, 0.29) is 35.5 Å². The molecule has 0 spiro atoms. The van der Waals surface area contributed by atoms with Crippen LogP contribution in [0.25, 0.3) is 0 Å². The fraction of sp³-hybridized carbons (Fsp3) is 0.647. The average Bonchev–Trinajstić information content (AvgIpc) is 2.56. The Morgan fingerprint density at radius 2 is 1.46 bits per heavy atom. The molecule has 9 nitrogen and oxygen atoms in total. The summed E-state index contributed by atoms with van der Waals surface area (Å²) in [7, 11) is -4.84. The second-order valence-corrected chi connectivity index (χ2v) is 6.95. The number of unbranched alkanes of at least 4 members (excludes halogenated alkanes) is 6. The number of primary amides is 1. The van der Waals surface area contributed by atoms with Gasteiger partial charge in [0, 0.05) is 6.42 Å². The molecule has 28 heavy (non-hydrogen) atoms. The minimum atomic E-state index is -4.84. The maximum atomic E-state index is 10.4. The number of carboxylic acids is 2. The van der Waals surface area contributed by atoms with Crippen molar-refractivity contribution in [2.24, 2.45) is 5.73 Å². The molecule has 0 radical (unpaired) electrons. The van der Waals surface area contributed by atoms with E-state index in [1.165, 1.54) is 25.7 Å². The largest absolute Gasteiger partial charge is 1.00 e. The average molecular weight is 433 g/mol. The maximum Gasteiger partial charge on any atom is 1.00 e. The number of carbonyl (C=O) groups excluding carboxylic acids is 1. The summed E-state index contributed by atoms with van der Waals surface area (Å²) in [6.45, 7) is 8.68. The van der Waals surface area contributed by atoms with E-state index < -0.39 is 33.7 Å². The summed E-state index contributed by atoms with van der Waals surface area (Å²) in [6, 6.07) is 0. The monoisotopic (exact) mass is 433 g/mol. The van der Waals surface area contributed by atoms with Crippen molar-refractivity contribution in [1.82, 2.24) is 0 Å². The Hall–Kier alpha value is -0.940. The molecule has 0 saturated heterocycles. The van der Waals surface area contributed by atoms with Gasteiger partial charge in [-0.3, -0.25) is 18.9 Å². The van der Waals surface area contributed by atoms with Gasteiger partial charge in [-0.25, -0.2) is 0 Å². The smallest absolute Gasteiger partial charge is 0.481 e. The Morgan fingerprint density at radius 1 is 1.04 bits per heavy atom. The van der Waals surface area contributed by atoms with Crippen molar-refractivity contribution in [3.8, 4) is 0 Å². The van der Waals surface area contributed by atoms with Crippen molar-refractivity contribution in [3.63, 3.8) is 0 Å². The summed E-state index contributed by atoms with van der Waals surface area (Å²) in [6.07, 6.45) is 9.60. The number of hydrogen-bond acceptors (Lipinski definition) is 5. The predicted octanol–water partition coefficient (Wildman–Crippen LogP) is -0.575. The number of hydrogen-bond donors (Lipinski definition) is 4. The quantitative estimate of drug-likeness (QED) is 0.0982. The van der Waals surface area contributed by atoms with Gasteiger partial charge in [0.2, 0.25) is 5.91 Å². The van der Waals surface area contributed by atoms with Gasteiger partial charge >= 0.3 is 41.5 Å². The van der Waals surface area contributed by atoms with Crippen LogP contribution in [0.1, 0.15) is 64.7 Å². The van der Waals surface area contributed by atoms with E-state index in [0.29, 0.717) is 6.42 Å². The van der Waals surface area contributed by atoms with Gasteiger partial charge in [0.05, 0.1) is 6.42 Å². The first-order chi connectivity index (χ1) is 12.5. The topological polar surface area (TPSA) is 172 Å². The van der Waals surface area contributed by atoms with Crippen LogP contribution in [-0.4, -0.2) is 46.3 Å². The zero-order valence-corrected chi connectivity index (χ0v) is 19.6. The van der Waals surface area contributed by atoms with Crippen LogP contribution in [0.5, 0.6) is 0 Å². The van der Waals surface area contributed by atoms with Crippen LogP contribution < -0.4 is 35.3 Å². The SMILES string of the molecule is C=CCCCCCCCCC(N)=O.O=C(O)CC(C(=O)O)S(=O)(=O)O.[CH2-]C.[Na+]. The summed E-state index contributed by atoms with van der Waals surface area (Å²) in [5.41, 5.74) is 5.02. The molecule has 0 rings (SSSR count). The summed E-state index contributed by atoms with van der Waals surface area (Å²) in [5, 5.41) is 13.9. The first-order valence-electron chi connectivity index (χ1n) is 8.53. The third-order valence-electron chi connectivity index (χ3n) is 3.08. The van der Waals surface area contributed by atoms with E-state index in [1.807, 2.05) is 6.08 Å². The van der Waals surface area contributed by atoms with Crippen LogP contribution in [0, 0.1) is 6.92 Å². The van der Waals surface area contributed by atoms with Crippen LogP contribution in [-0.2, 0) is 24.5 Å². The Morgan fingerprint density at radius 3 is 1.75 bits per heavy atom. The van der Waals surface area contributed by atoms with Gasteiger partial charge in [-0.15, -0.1) is 6.58 Å². The van der Waals surface area contributed by atoms with Crippen molar-refractivity contribution < 1.29 is 67.1 Å². The molecule has 11 heteroatoms. The molecular formula is C17H32NNaO8S. The zero-order valence-electron chi connectivity index (χ0n) is 16.8. The van der Waals surface area contributed by atoms with Gasteiger partial charge in [-0.05, 0) is 19.3 Å². The second kappa shape index (κ2) is 22.4. The van der Waals surface area contributed by atoms with Gasteiger partial charge in [0.15, 0.2) is 5.25 Å². The Labute approximate surface area is 189 Å². The van der Waals surface area contributed by atoms with E-state index in [4.69, 9.17) is 20.5 Å². The zero-order chi connectivity index (χ0) is 21.9. The molecule has 0 aromatic carbocycles. The Bertz CT molecular complexity index is 537. The molecular weight excluding hydrogens is 401 g/mol. The number of amides is 1. The first kappa shape index (κ1) is 34.6. The molecule has 160 valence electrons. The normalized spacial score (nSPS) is 10.7. The van der Waals surface area contributed by atoms with Crippen LogP contribution in [0.4, 0.5) is 0 Å². The fourth-order valence-corrected chi connectivity index (χ4v) is 2.38. The van der Waals surface area contributed by atoms with E-state index in [2.05, 4.69) is 13.5 Å². The molecule has 0 fully saturated rings. The summed E-state index contributed by atoms with van der Waals surface area (Å²) in [4.78, 5) is 30.4. The van der Waals surface area contributed by atoms with Gasteiger partial charge in [0.25, 0.3) is 10.1 Å². The van der Waals surface area contributed by atoms with Crippen molar-refractivity contribution >= 4 is 28.0 Å². The number of aliphatic carboxylic acids is 2. The standard InChI is InChI=1S/C11H21NO.C4H6O7S.C2H5.Na/c1-2-3-4-5-6-7-8-9-10-11(12)13;5-3(6)1-2(4(7)8)12(9,10)11;1-2;/h2H,1,3-10H2,(H2,12,13);2H,1H2,(H,5,6)(H,7,8)(H,9,10,11);1H2,2H3;/q;;-1;+1. The summed E-state index contributed by atoms with van der Waals surface area (Å²) < 4.78 is 28.7. The number of nitrogens with two attached hydrogens (primary N) is 1. The van der Waals surface area contributed by atoms with E-state index in [9.17, 15) is 22.8 Å². The van der Waals surface area contributed by atoms with Crippen LogP contribution in [0.3, 0.4) is 0 Å². The van der Waals surface area contributed by atoms with Crippen molar-refractivity contribution in [3.05, 3.63) is 19.6 Å². The maximum absolute atomic E-state index is 10.4. The Kier molecular flexibility index (Phi) is 27.6. The molecule has 0 aliphatic rings. The molecule has 1 amide bonds. The summed E-state index contributed by atoms with van der Waals surface area (Å²) >= 11 is 0. The molecule has 0 aliphatic carbocycles. The van der Waals surface area contributed by atoms with Crippen molar-refractivity contribution in [2.75, 3.05) is 0 Å². The number of carbonyl (C=O) groups is 3. The third kappa shape index (κ3) is 27.3. The molecule has 0 bridgehead atoms. The first-order valence-corrected chi connectivity index (χ1v) is 10.0. The predicted molar refractivity (Wildman–Crippen MR) is 103 cm³/mol. The fourth-order valence-electron chi connectivity index (χ4n) is 1.77.